The van der Waals surface area contributed by atoms with Crippen molar-refractivity contribution in [2.75, 3.05) is 0 Å². The standard InChI is InChI=1S/C9H12BrN.C5H3Br2N/c1-9(2,3)7-5-4-6-8(10)11-7;6-4-2-1-3-5(7)8-4/h4-6H,1-3H3;1-3H. The summed E-state index contributed by atoms with van der Waals surface area (Å²) in [5, 5.41) is 0. The second kappa shape index (κ2) is 7.50. The van der Waals surface area contributed by atoms with Crippen LogP contribution in [0.5, 0.6) is 0 Å². The van der Waals surface area contributed by atoms with Crippen LogP contribution in [0.1, 0.15) is 26.5 Å². The van der Waals surface area contributed by atoms with Crippen LogP contribution in [-0.2, 0) is 5.41 Å². The number of nitrogens with zero attached hydrogens (tertiary/aromatic N) is 2. The van der Waals surface area contributed by atoms with E-state index in [4.69, 9.17) is 0 Å². The van der Waals surface area contributed by atoms with Crippen molar-refractivity contribution < 1.29 is 0 Å². The molecule has 2 rings (SSSR count). The van der Waals surface area contributed by atoms with E-state index in [0.29, 0.717) is 0 Å². The zero-order valence-electron chi connectivity index (χ0n) is 11.0. The molecule has 0 spiro atoms. The van der Waals surface area contributed by atoms with Crippen LogP contribution >= 0.6 is 47.8 Å². The van der Waals surface area contributed by atoms with E-state index in [1.165, 1.54) is 0 Å². The van der Waals surface area contributed by atoms with Crippen LogP contribution in [0.15, 0.2) is 50.2 Å². The molecule has 2 nitrogen and oxygen atoms in total. The molecule has 0 radical (unpaired) electrons. The predicted molar refractivity (Wildman–Crippen MR) is 90.3 cm³/mol. The van der Waals surface area contributed by atoms with Crippen molar-refractivity contribution in [1.29, 1.82) is 0 Å². The lowest BCUT2D eigenvalue weighted by molar-refractivity contribution is 0.567. The van der Waals surface area contributed by atoms with E-state index in [9.17, 15) is 0 Å². The van der Waals surface area contributed by atoms with E-state index >= 15 is 0 Å². The Balaban J connectivity index is 0.000000200. The molecule has 2 aromatic rings. The zero-order chi connectivity index (χ0) is 14.5. The SMILES string of the molecule is Brc1cccc(Br)n1.CC(C)(C)c1cccc(Br)n1. The van der Waals surface area contributed by atoms with Crippen molar-refractivity contribution in [1.82, 2.24) is 9.97 Å². The third kappa shape index (κ3) is 6.63. The summed E-state index contributed by atoms with van der Waals surface area (Å²) in [5.41, 5.74) is 1.26. The topological polar surface area (TPSA) is 25.8 Å². The summed E-state index contributed by atoms with van der Waals surface area (Å²) in [6.45, 7) is 6.46. The van der Waals surface area contributed by atoms with Gasteiger partial charge in [0.1, 0.15) is 13.8 Å². The number of halogens is 3. The Kier molecular flexibility index (Phi) is 6.63. The Morgan fingerprint density at radius 1 is 0.737 bits per heavy atom. The molecule has 0 aliphatic rings. The zero-order valence-corrected chi connectivity index (χ0v) is 15.8. The third-order valence-electron chi connectivity index (χ3n) is 2.16. The van der Waals surface area contributed by atoms with Gasteiger partial charge in [-0.05, 0) is 72.1 Å². The molecule has 0 aliphatic carbocycles. The van der Waals surface area contributed by atoms with Gasteiger partial charge in [-0.15, -0.1) is 0 Å². The van der Waals surface area contributed by atoms with Gasteiger partial charge in [-0.1, -0.05) is 32.9 Å². The van der Waals surface area contributed by atoms with E-state index in [0.717, 1.165) is 19.5 Å². The highest BCUT2D eigenvalue weighted by molar-refractivity contribution is 9.11. The van der Waals surface area contributed by atoms with Gasteiger partial charge in [0.2, 0.25) is 0 Å². The Morgan fingerprint density at radius 3 is 1.42 bits per heavy atom. The number of hydrogen-bond donors (Lipinski definition) is 0. The fourth-order valence-corrected chi connectivity index (χ4v) is 2.48. The fourth-order valence-electron chi connectivity index (χ4n) is 1.21. The molecule has 102 valence electrons. The Morgan fingerprint density at radius 2 is 1.16 bits per heavy atom. The van der Waals surface area contributed by atoms with Gasteiger partial charge in [0.15, 0.2) is 0 Å². The lowest BCUT2D eigenvalue weighted by Gasteiger charge is -2.17. The average Bonchev–Trinajstić information content (AvgIpc) is 2.28. The first-order chi connectivity index (χ1) is 8.79. The molecule has 2 aromatic heterocycles. The first-order valence-electron chi connectivity index (χ1n) is 5.70. The van der Waals surface area contributed by atoms with E-state index in [1.807, 2.05) is 36.4 Å². The number of rotatable bonds is 0. The van der Waals surface area contributed by atoms with Gasteiger partial charge in [-0.2, -0.15) is 0 Å². The van der Waals surface area contributed by atoms with Crippen molar-refractivity contribution in [3.05, 3.63) is 55.9 Å². The van der Waals surface area contributed by atoms with E-state index in [2.05, 4.69) is 78.5 Å². The van der Waals surface area contributed by atoms with Crippen LogP contribution in [0, 0.1) is 0 Å². The fraction of sp³-hybridized carbons (Fsp3) is 0.286. The summed E-state index contributed by atoms with van der Waals surface area (Å²) in [5.74, 6) is 0. The van der Waals surface area contributed by atoms with E-state index < -0.39 is 0 Å². The van der Waals surface area contributed by atoms with Gasteiger partial charge in [-0.25, -0.2) is 9.97 Å². The maximum absolute atomic E-state index is 4.36. The maximum Gasteiger partial charge on any atom is 0.107 e. The molecular weight excluding hydrogens is 436 g/mol. The highest BCUT2D eigenvalue weighted by Gasteiger charge is 2.14. The molecule has 5 heteroatoms. The first kappa shape index (κ1) is 16.8. The summed E-state index contributed by atoms with van der Waals surface area (Å²) in [7, 11) is 0. The van der Waals surface area contributed by atoms with E-state index in [-0.39, 0.29) is 5.41 Å². The summed E-state index contributed by atoms with van der Waals surface area (Å²) < 4.78 is 2.61. The summed E-state index contributed by atoms with van der Waals surface area (Å²) in [6, 6.07) is 11.7. The maximum atomic E-state index is 4.36. The average molecular weight is 451 g/mol. The molecular formula is C14H15Br3N2. The van der Waals surface area contributed by atoms with Gasteiger partial charge in [0.25, 0.3) is 0 Å². The van der Waals surface area contributed by atoms with Crippen molar-refractivity contribution in [2.24, 2.45) is 0 Å². The van der Waals surface area contributed by atoms with E-state index in [1.54, 1.807) is 0 Å². The lowest BCUT2D eigenvalue weighted by atomic mass is 9.92. The molecule has 19 heavy (non-hydrogen) atoms. The van der Waals surface area contributed by atoms with Gasteiger partial charge in [0.05, 0.1) is 0 Å². The molecule has 0 unspecified atom stereocenters. The highest BCUT2D eigenvalue weighted by atomic mass is 79.9. The normalized spacial score (nSPS) is 10.6. The van der Waals surface area contributed by atoms with Crippen LogP contribution in [-0.4, -0.2) is 9.97 Å². The molecule has 0 saturated heterocycles. The molecule has 0 amide bonds. The Labute approximate surface area is 139 Å². The lowest BCUT2D eigenvalue weighted by Crippen LogP contribution is -2.12. The predicted octanol–water partition coefficient (Wildman–Crippen LogP) is 5.75. The minimum Gasteiger partial charge on any atom is -0.245 e. The second-order valence-electron chi connectivity index (χ2n) is 4.88. The minimum atomic E-state index is 0.143. The van der Waals surface area contributed by atoms with Crippen LogP contribution in [0.25, 0.3) is 0 Å². The number of pyridine rings is 2. The van der Waals surface area contributed by atoms with Gasteiger partial charge >= 0.3 is 0 Å². The van der Waals surface area contributed by atoms with Crippen LogP contribution in [0.3, 0.4) is 0 Å². The number of aromatic nitrogens is 2. The van der Waals surface area contributed by atoms with Gasteiger partial charge < -0.3 is 0 Å². The molecule has 2 heterocycles. The molecule has 0 atom stereocenters. The molecule has 0 aromatic carbocycles. The van der Waals surface area contributed by atoms with Crippen LogP contribution in [0.2, 0.25) is 0 Å². The van der Waals surface area contributed by atoms with Crippen molar-refractivity contribution in [3.8, 4) is 0 Å². The minimum absolute atomic E-state index is 0.143. The largest absolute Gasteiger partial charge is 0.245 e. The quantitative estimate of drug-likeness (QED) is 0.478. The van der Waals surface area contributed by atoms with Crippen LogP contribution < -0.4 is 0 Å². The summed E-state index contributed by atoms with van der Waals surface area (Å²) >= 11 is 9.79. The van der Waals surface area contributed by atoms with Gasteiger partial charge in [0, 0.05) is 11.1 Å². The molecule has 0 aliphatic heterocycles. The van der Waals surface area contributed by atoms with Crippen molar-refractivity contribution in [2.45, 2.75) is 26.2 Å². The smallest absolute Gasteiger partial charge is 0.107 e. The Hall–Kier alpha value is -0.260. The van der Waals surface area contributed by atoms with Gasteiger partial charge in [-0.3, -0.25) is 0 Å². The van der Waals surface area contributed by atoms with Crippen molar-refractivity contribution >= 4 is 47.8 Å². The summed E-state index contributed by atoms with van der Waals surface area (Å²) in [4.78, 5) is 8.37. The third-order valence-corrected chi connectivity index (χ3v) is 3.49. The summed E-state index contributed by atoms with van der Waals surface area (Å²) in [6.07, 6.45) is 0. The molecule has 0 saturated carbocycles. The van der Waals surface area contributed by atoms with Crippen molar-refractivity contribution in [3.63, 3.8) is 0 Å². The molecule has 0 N–H and O–H groups in total. The molecule has 0 bridgehead atoms. The first-order valence-corrected chi connectivity index (χ1v) is 8.08. The second-order valence-corrected chi connectivity index (χ2v) is 7.32. The number of hydrogen-bond acceptors (Lipinski definition) is 2. The molecule has 0 fully saturated rings. The highest BCUT2D eigenvalue weighted by Crippen LogP contribution is 2.21. The monoisotopic (exact) mass is 448 g/mol. The van der Waals surface area contributed by atoms with Crippen LogP contribution in [0.4, 0.5) is 0 Å². The Bertz CT molecular complexity index is 519.